The summed E-state index contributed by atoms with van der Waals surface area (Å²) >= 11 is 0. The molecule has 1 aromatic carbocycles. The molecule has 0 aliphatic rings. The maximum absolute atomic E-state index is 12.1. The Hall–Kier alpha value is -1.51. The predicted molar refractivity (Wildman–Crippen MR) is 76.6 cm³/mol. The third kappa shape index (κ3) is 5.33. The van der Waals surface area contributed by atoms with E-state index in [-0.39, 0.29) is 11.4 Å². The van der Waals surface area contributed by atoms with Gasteiger partial charge in [0.2, 0.25) is 0 Å². The summed E-state index contributed by atoms with van der Waals surface area (Å²) in [4.78, 5) is 12.1. The molecule has 0 aliphatic heterocycles. The second kappa shape index (κ2) is 5.64. The summed E-state index contributed by atoms with van der Waals surface area (Å²) in [6, 6.07) is 6.95. The fourth-order valence-electron chi connectivity index (χ4n) is 2.35. The summed E-state index contributed by atoms with van der Waals surface area (Å²) in [7, 11) is 1.60. The van der Waals surface area contributed by atoms with Crippen molar-refractivity contribution < 1.29 is 14.3 Å². The van der Waals surface area contributed by atoms with Gasteiger partial charge in [0.1, 0.15) is 11.4 Å². The van der Waals surface area contributed by atoms with Crippen molar-refractivity contribution in [2.75, 3.05) is 7.11 Å². The maximum Gasteiger partial charge on any atom is 0.338 e. The lowest BCUT2D eigenvalue weighted by atomic mass is 9.83. The highest BCUT2D eigenvalue weighted by Crippen LogP contribution is 2.30. The molecule has 3 nitrogen and oxygen atoms in total. The minimum absolute atomic E-state index is 0.115. The van der Waals surface area contributed by atoms with E-state index in [0.29, 0.717) is 5.56 Å². The quantitative estimate of drug-likeness (QED) is 0.769. The van der Waals surface area contributed by atoms with Gasteiger partial charge in [-0.1, -0.05) is 20.8 Å². The van der Waals surface area contributed by atoms with Crippen molar-refractivity contribution in [3.8, 4) is 5.75 Å². The summed E-state index contributed by atoms with van der Waals surface area (Å²) in [6.07, 6.45) is 0.807. The molecule has 0 saturated carbocycles. The molecule has 0 fully saturated rings. The van der Waals surface area contributed by atoms with Gasteiger partial charge >= 0.3 is 5.97 Å². The third-order valence-electron chi connectivity index (χ3n) is 2.65. The van der Waals surface area contributed by atoms with Gasteiger partial charge in [-0.15, -0.1) is 0 Å². The minimum atomic E-state index is -0.477. The molecule has 0 aliphatic carbocycles. The Morgan fingerprint density at radius 3 is 2.00 bits per heavy atom. The largest absolute Gasteiger partial charge is 0.497 e. The molecule has 0 saturated heterocycles. The van der Waals surface area contributed by atoms with E-state index in [4.69, 9.17) is 9.47 Å². The zero-order valence-electron chi connectivity index (χ0n) is 12.7. The van der Waals surface area contributed by atoms with E-state index in [2.05, 4.69) is 20.8 Å². The van der Waals surface area contributed by atoms with Crippen molar-refractivity contribution in [3.05, 3.63) is 29.8 Å². The monoisotopic (exact) mass is 264 g/mol. The van der Waals surface area contributed by atoms with Crippen molar-refractivity contribution in [1.29, 1.82) is 0 Å². The Kier molecular flexibility index (Phi) is 4.61. The van der Waals surface area contributed by atoms with E-state index in [1.54, 1.807) is 31.4 Å². The smallest absolute Gasteiger partial charge is 0.338 e. The van der Waals surface area contributed by atoms with Crippen molar-refractivity contribution in [2.24, 2.45) is 5.41 Å². The number of methoxy groups -OCH3 is 1. The van der Waals surface area contributed by atoms with E-state index >= 15 is 0 Å². The molecular formula is C16H24O3. The number of ether oxygens (including phenoxy) is 2. The normalized spacial score (nSPS) is 12.1. The summed E-state index contributed by atoms with van der Waals surface area (Å²) in [5.74, 6) is 0.433. The van der Waals surface area contributed by atoms with Gasteiger partial charge in [0.05, 0.1) is 12.7 Å². The number of hydrogen-bond donors (Lipinski definition) is 0. The van der Waals surface area contributed by atoms with Crippen LogP contribution in [0.25, 0.3) is 0 Å². The zero-order chi connectivity index (χ0) is 14.7. The Labute approximate surface area is 115 Å². The second-order valence-electron chi connectivity index (χ2n) is 6.62. The van der Waals surface area contributed by atoms with Crippen LogP contribution in [-0.4, -0.2) is 18.7 Å². The molecule has 0 bridgehead atoms. The Bertz CT molecular complexity index is 424. The minimum Gasteiger partial charge on any atom is -0.497 e. The van der Waals surface area contributed by atoms with Crippen molar-refractivity contribution in [3.63, 3.8) is 0 Å². The molecule has 106 valence electrons. The van der Waals surface area contributed by atoms with Crippen LogP contribution in [0.5, 0.6) is 5.75 Å². The van der Waals surface area contributed by atoms with Gasteiger partial charge in [-0.05, 0) is 49.9 Å². The fourth-order valence-corrected chi connectivity index (χ4v) is 2.35. The van der Waals surface area contributed by atoms with Gasteiger partial charge in [-0.2, -0.15) is 0 Å². The van der Waals surface area contributed by atoms with Gasteiger partial charge in [0, 0.05) is 0 Å². The molecule has 0 heterocycles. The van der Waals surface area contributed by atoms with Crippen LogP contribution in [0.1, 0.15) is 51.4 Å². The predicted octanol–water partition coefficient (Wildman–Crippen LogP) is 4.07. The SMILES string of the molecule is COc1ccc(C(=O)OC(C)(C)CC(C)(C)C)cc1. The topological polar surface area (TPSA) is 35.5 Å². The lowest BCUT2D eigenvalue weighted by molar-refractivity contribution is -0.0178. The number of rotatable bonds is 4. The summed E-state index contributed by atoms with van der Waals surface area (Å²) in [6.45, 7) is 10.3. The van der Waals surface area contributed by atoms with Crippen molar-refractivity contribution >= 4 is 5.97 Å². The van der Waals surface area contributed by atoms with E-state index in [0.717, 1.165) is 12.2 Å². The van der Waals surface area contributed by atoms with Crippen LogP contribution < -0.4 is 4.74 Å². The fraction of sp³-hybridized carbons (Fsp3) is 0.562. The maximum atomic E-state index is 12.1. The average Bonchev–Trinajstić information content (AvgIpc) is 2.25. The Morgan fingerprint density at radius 2 is 1.58 bits per heavy atom. The van der Waals surface area contributed by atoms with E-state index in [1.807, 2.05) is 13.8 Å². The van der Waals surface area contributed by atoms with Gasteiger partial charge in [0.15, 0.2) is 0 Å². The average molecular weight is 264 g/mol. The Morgan fingerprint density at radius 1 is 1.05 bits per heavy atom. The van der Waals surface area contributed by atoms with E-state index < -0.39 is 5.60 Å². The first-order chi connectivity index (χ1) is 8.63. The van der Waals surface area contributed by atoms with E-state index in [1.165, 1.54) is 0 Å². The molecule has 1 rings (SSSR count). The summed E-state index contributed by atoms with van der Waals surface area (Å²) in [5, 5.41) is 0. The Balaban J connectivity index is 2.72. The number of benzene rings is 1. The standard InChI is InChI=1S/C16H24O3/c1-15(2,3)11-16(4,5)19-14(17)12-7-9-13(18-6)10-8-12/h7-10H,11H2,1-6H3. The highest BCUT2D eigenvalue weighted by atomic mass is 16.6. The van der Waals surface area contributed by atoms with Crippen LogP contribution in [0.2, 0.25) is 0 Å². The molecule has 1 aromatic rings. The number of carbonyl (C=O) groups is 1. The molecule has 3 heteroatoms. The molecule has 0 spiro atoms. The molecule has 19 heavy (non-hydrogen) atoms. The number of esters is 1. The summed E-state index contributed by atoms with van der Waals surface area (Å²) in [5.41, 5.74) is 0.182. The van der Waals surface area contributed by atoms with Crippen LogP contribution in [0, 0.1) is 5.41 Å². The second-order valence-corrected chi connectivity index (χ2v) is 6.62. The first-order valence-electron chi connectivity index (χ1n) is 6.50. The first-order valence-corrected chi connectivity index (χ1v) is 6.50. The highest BCUT2D eigenvalue weighted by Gasteiger charge is 2.29. The number of carbonyl (C=O) groups excluding carboxylic acids is 1. The highest BCUT2D eigenvalue weighted by molar-refractivity contribution is 5.89. The molecule has 0 atom stereocenters. The van der Waals surface area contributed by atoms with Gasteiger partial charge in [-0.25, -0.2) is 4.79 Å². The van der Waals surface area contributed by atoms with Gasteiger partial charge in [-0.3, -0.25) is 0 Å². The lowest BCUT2D eigenvalue weighted by Crippen LogP contribution is -2.32. The summed E-state index contributed by atoms with van der Waals surface area (Å²) < 4.78 is 10.7. The molecular weight excluding hydrogens is 240 g/mol. The molecule has 0 aromatic heterocycles. The van der Waals surface area contributed by atoms with Crippen LogP contribution in [0.3, 0.4) is 0 Å². The zero-order valence-corrected chi connectivity index (χ0v) is 12.7. The molecule has 0 unspecified atom stereocenters. The van der Waals surface area contributed by atoms with E-state index in [9.17, 15) is 4.79 Å². The van der Waals surface area contributed by atoms with Crippen LogP contribution in [-0.2, 0) is 4.74 Å². The number of hydrogen-bond acceptors (Lipinski definition) is 3. The van der Waals surface area contributed by atoms with Crippen molar-refractivity contribution in [1.82, 2.24) is 0 Å². The van der Waals surface area contributed by atoms with Crippen LogP contribution >= 0.6 is 0 Å². The molecule has 0 amide bonds. The van der Waals surface area contributed by atoms with Crippen LogP contribution in [0.15, 0.2) is 24.3 Å². The van der Waals surface area contributed by atoms with Crippen LogP contribution in [0.4, 0.5) is 0 Å². The molecule has 0 N–H and O–H groups in total. The van der Waals surface area contributed by atoms with Gasteiger partial charge < -0.3 is 9.47 Å². The third-order valence-corrected chi connectivity index (χ3v) is 2.65. The van der Waals surface area contributed by atoms with Crippen molar-refractivity contribution in [2.45, 2.75) is 46.6 Å². The lowest BCUT2D eigenvalue weighted by Gasteiger charge is -2.32. The van der Waals surface area contributed by atoms with Gasteiger partial charge in [0.25, 0.3) is 0 Å². The molecule has 0 radical (unpaired) electrons. The first kappa shape index (κ1) is 15.5.